The molecular formula is C16H21F3NO2+. The van der Waals surface area contributed by atoms with Gasteiger partial charge in [0.2, 0.25) is 0 Å². The summed E-state index contributed by atoms with van der Waals surface area (Å²) in [7, 11) is 0. The standard InChI is InChI=1S/C16H20F3NO2/c1-2-22-15(21)13-7-5-9-20(11-13)10-12-6-3-4-8-14(12)16(17,18)19/h3-4,6,8,13H,2,5,7,9-11H2,1H3/p+1/t13-/m1/s1. The zero-order chi connectivity index (χ0) is 16.2. The number of hydrogen-bond acceptors (Lipinski definition) is 2. The first-order valence-corrected chi connectivity index (χ1v) is 7.57. The topological polar surface area (TPSA) is 30.7 Å². The molecule has 1 aliphatic heterocycles. The van der Waals surface area contributed by atoms with E-state index in [9.17, 15) is 18.0 Å². The minimum atomic E-state index is -4.34. The lowest BCUT2D eigenvalue weighted by atomic mass is 9.97. The van der Waals surface area contributed by atoms with Crippen LogP contribution in [0, 0.1) is 5.92 Å². The van der Waals surface area contributed by atoms with Crippen molar-refractivity contribution in [3.63, 3.8) is 0 Å². The molecule has 0 spiro atoms. The molecular weight excluding hydrogens is 295 g/mol. The van der Waals surface area contributed by atoms with Gasteiger partial charge < -0.3 is 9.64 Å². The maximum absolute atomic E-state index is 13.0. The Kier molecular flexibility index (Phi) is 5.45. The van der Waals surface area contributed by atoms with Crippen LogP contribution in [0.1, 0.15) is 30.9 Å². The number of ether oxygens (including phenoxy) is 1. The number of piperidine rings is 1. The number of alkyl halides is 3. The molecule has 1 heterocycles. The summed E-state index contributed by atoms with van der Waals surface area (Å²) in [6.07, 6.45) is -2.76. The average molecular weight is 316 g/mol. The summed E-state index contributed by atoms with van der Waals surface area (Å²) in [5.41, 5.74) is -0.296. The van der Waals surface area contributed by atoms with Crippen LogP contribution >= 0.6 is 0 Å². The Bertz CT molecular complexity index is 516. The number of carbonyl (C=O) groups is 1. The fourth-order valence-corrected chi connectivity index (χ4v) is 2.99. The van der Waals surface area contributed by atoms with Crippen molar-refractivity contribution >= 4 is 5.97 Å². The fourth-order valence-electron chi connectivity index (χ4n) is 2.99. The first-order chi connectivity index (χ1) is 10.4. The van der Waals surface area contributed by atoms with Crippen LogP contribution in [0.4, 0.5) is 13.2 Å². The van der Waals surface area contributed by atoms with Crippen molar-refractivity contribution in [3.8, 4) is 0 Å². The summed E-state index contributed by atoms with van der Waals surface area (Å²) in [6, 6.07) is 5.65. The lowest BCUT2D eigenvalue weighted by Gasteiger charge is -2.29. The van der Waals surface area contributed by atoms with Gasteiger partial charge in [-0.3, -0.25) is 4.79 Å². The molecule has 0 bridgehead atoms. The van der Waals surface area contributed by atoms with Crippen LogP contribution < -0.4 is 4.90 Å². The largest absolute Gasteiger partial charge is 0.466 e. The summed E-state index contributed by atoms with van der Waals surface area (Å²) in [5, 5.41) is 0. The predicted molar refractivity (Wildman–Crippen MR) is 75.2 cm³/mol. The first kappa shape index (κ1) is 16.8. The summed E-state index contributed by atoms with van der Waals surface area (Å²) < 4.78 is 44.1. The molecule has 0 aromatic heterocycles. The van der Waals surface area contributed by atoms with E-state index in [0.717, 1.165) is 30.4 Å². The summed E-state index contributed by atoms with van der Waals surface area (Å²) >= 11 is 0. The van der Waals surface area contributed by atoms with Crippen molar-refractivity contribution in [2.24, 2.45) is 5.92 Å². The molecule has 0 saturated carbocycles. The Morgan fingerprint density at radius 2 is 2.09 bits per heavy atom. The maximum Gasteiger partial charge on any atom is 0.416 e. The van der Waals surface area contributed by atoms with Gasteiger partial charge in [0, 0.05) is 5.56 Å². The molecule has 1 N–H and O–H groups in total. The number of likely N-dealkylation sites (tertiary alicyclic amines) is 1. The van der Waals surface area contributed by atoms with Crippen molar-refractivity contribution < 1.29 is 27.6 Å². The molecule has 22 heavy (non-hydrogen) atoms. The highest BCUT2D eigenvalue weighted by Crippen LogP contribution is 2.31. The van der Waals surface area contributed by atoms with Gasteiger partial charge in [-0.15, -0.1) is 0 Å². The minimum absolute atomic E-state index is 0.207. The normalized spacial score (nSPS) is 22.4. The Morgan fingerprint density at radius 1 is 1.36 bits per heavy atom. The van der Waals surface area contributed by atoms with Gasteiger partial charge in [0.1, 0.15) is 12.5 Å². The highest BCUT2D eigenvalue weighted by Gasteiger charge is 2.35. The quantitative estimate of drug-likeness (QED) is 0.862. The van der Waals surface area contributed by atoms with E-state index >= 15 is 0 Å². The van der Waals surface area contributed by atoms with E-state index in [2.05, 4.69) is 0 Å². The van der Waals surface area contributed by atoms with E-state index < -0.39 is 11.7 Å². The van der Waals surface area contributed by atoms with Gasteiger partial charge in [-0.1, -0.05) is 18.2 Å². The maximum atomic E-state index is 13.0. The number of quaternary nitrogens is 1. The Hall–Kier alpha value is -1.56. The molecule has 0 amide bonds. The minimum Gasteiger partial charge on any atom is -0.466 e. The summed E-state index contributed by atoms with van der Waals surface area (Å²) in [5.74, 6) is -0.439. The Balaban J connectivity index is 2.06. The second-order valence-corrected chi connectivity index (χ2v) is 5.63. The molecule has 6 heteroatoms. The Labute approximate surface area is 128 Å². The van der Waals surface area contributed by atoms with E-state index in [1.165, 1.54) is 12.1 Å². The summed E-state index contributed by atoms with van der Waals surface area (Å²) in [4.78, 5) is 12.8. The SMILES string of the molecule is CCOC(=O)[C@@H]1CCC[NH+](Cc2ccccc2C(F)(F)F)C1. The highest BCUT2D eigenvalue weighted by atomic mass is 19.4. The van der Waals surface area contributed by atoms with Gasteiger partial charge in [-0.2, -0.15) is 13.2 Å². The predicted octanol–water partition coefficient (Wildman–Crippen LogP) is 2.06. The second kappa shape index (κ2) is 7.13. The highest BCUT2D eigenvalue weighted by molar-refractivity contribution is 5.72. The van der Waals surface area contributed by atoms with Crippen molar-refractivity contribution in [2.75, 3.05) is 19.7 Å². The molecule has 0 radical (unpaired) electrons. The molecule has 0 aliphatic carbocycles. The second-order valence-electron chi connectivity index (χ2n) is 5.63. The Morgan fingerprint density at radius 3 is 2.77 bits per heavy atom. The number of halogens is 3. The van der Waals surface area contributed by atoms with Crippen LogP contribution in [0.2, 0.25) is 0 Å². The summed E-state index contributed by atoms with van der Waals surface area (Å²) in [6.45, 7) is 3.69. The first-order valence-electron chi connectivity index (χ1n) is 7.57. The van der Waals surface area contributed by atoms with Crippen LogP contribution in [0.3, 0.4) is 0 Å². The van der Waals surface area contributed by atoms with Crippen molar-refractivity contribution in [3.05, 3.63) is 35.4 Å². The van der Waals surface area contributed by atoms with Crippen molar-refractivity contribution in [1.82, 2.24) is 0 Å². The van der Waals surface area contributed by atoms with E-state index in [-0.39, 0.29) is 24.0 Å². The molecule has 3 nitrogen and oxygen atoms in total. The van der Waals surface area contributed by atoms with Crippen LogP contribution in [-0.4, -0.2) is 25.7 Å². The van der Waals surface area contributed by atoms with Gasteiger partial charge in [-0.05, 0) is 25.8 Å². The molecule has 2 atom stereocenters. The number of hydrogen-bond donors (Lipinski definition) is 1. The molecule has 2 rings (SSSR count). The van der Waals surface area contributed by atoms with E-state index in [1.807, 2.05) is 0 Å². The molecule has 1 saturated heterocycles. The average Bonchev–Trinajstić information content (AvgIpc) is 2.47. The van der Waals surface area contributed by atoms with E-state index in [4.69, 9.17) is 4.74 Å². The zero-order valence-corrected chi connectivity index (χ0v) is 12.6. The van der Waals surface area contributed by atoms with Gasteiger partial charge in [-0.25, -0.2) is 0 Å². The molecule has 1 unspecified atom stereocenters. The number of benzene rings is 1. The van der Waals surface area contributed by atoms with Crippen molar-refractivity contribution in [1.29, 1.82) is 0 Å². The van der Waals surface area contributed by atoms with Crippen LogP contribution in [0.15, 0.2) is 24.3 Å². The monoisotopic (exact) mass is 316 g/mol. The molecule has 122 valence electrons. The number of esters is 1. The smallest absolute Gasteiger partial charge is 0.416 e. The third kappa shape index (κ3) is 4.22. The molecule has 1 fully saturated rings. The number of nitrogens with one attached hydrogen (secondary N) is 1. The number of rotatable bonds is 4. The lowest BCUT2D eigenvalue weighted by Crippen LogP contribution is -3.12. The van der Waals surface area contributed by atoms with Crippen LogP contribution in [0.5, 0.6) is 0 Å². The van der Waals surface area contributed by atoms with E-state index in [0.29, 0.717) is 13.2 Å². The van der Waals surface area contributed by atoms with E-state index in [1.54, 1.807) is 13.0 Å². The molecule has 1 aliphatic rings. The molecule has 1 aromatic carbocycles. The van der Waals surface area contributed by atoms with Crippen molar-refractivity contribution in [2.45, 2.75) is 32.5 Å². The van der Waals surface area contributed by atoms with Gasteiger partial charge in [0.05, 0.1) is 25.3 Å². The third-order valence-corrected chi connectivity index (χ3v) is 4.00. The number of carbonyl (C=O) groups excluding carboxylic acids is 1. The van der Waals surface area contributed by atoms with Crippen LogP contribution in [0.25, 0.3) is 0 Å². The van der Waals surface area contributed by atoms with Gasteiger partial charge in [0.25, 0.3) is 0 Å². The van der Waals surface area contributed by atoms with Gasteiger partial charge >= 0.3 is 12.1 Å². The van der Waals surface area contributed by atoms with Crippen LogP contribution in [-0.2, 0) is 22.3 Å². The van der Waals surface area contributed by atoms with Gasteiger partial charge in [0.15, 0.2) is 0 Å². The molecule has 1 aromatic rings. The fraction of sp³-hybridized carbons (Fsp3) is 0.562. The third-order valence-electron chi connectivity index (χ3n) is 4.00. The lowest BCUT2D eigenvalue weighted by molar-refractivity contribution is -0.921. The zero-order valence-electron chi connectivity index (χ0n) is 12.6.